The van der Waals surface area contributed by atoms with Gasteiger partial charge in [0, 0.05) is 25.5 Å². The third-order valence-corrected chi connectivity index (χ3v) is 6.40. The van der Waals surface area contributed by atoms with Gasteiger partial charge in [-0.3, -0.25) is 9.88 Å². The number of aromatic nitrogens is 2. The van der Waals surface area contributed by atoms with Crippen LogP contribution in [0.3, 0.4) is 0 Å². The lowest BCUT2D eigenvalue weighted by atomic mass is 9.90. The van der Waals surface area contributed by atoms with Crippen LogP contribution in [-0.4, -0.2) is 53.8 Å². The second-order valence-corrected chi connectivity index (χ2v) is 8.45. The molecule has 3 aromatic rings. The fourth-order valence-corrected chi connectivity index (χ4v) is 4.59. The molecule has 1 aliphatic heterocycles. The number of benzene rings is 1. The maximum absolute atomic E-state index is 11.9. The van der Waals surface area contributed by atoms with Gasteiger partial charge < -0.3 is 14.0 Å². The number of likely N-dealkylation sites (tertiary alicyclic amines) is 1. The van der Waals surface area contributed by atoms with E-state index in [1.54, 1.807) is 6.07 Å². The number of methoxy groups -OCH3 is 1. The molecule has 2 aromatic heterocycles. The van der Waals surface area contributed by atoms with Crippen LogP contribution in [0.1, 0.15) is 54.4 Å². The van der Waals surface area contributed by atoms with E-state index in [1.807, 2.05) is 30.5 Å². The van der Waals surface area contributed by atoms with Crippen LogP contribution in [-0.2, 0) is 11.3 Å². The number of hydrogen-bond acceptors (Lipinski definition) is 5. The summed E-state index contributed by atoms with van der Waals surface area (Å²) in [5.41, 5.74) is 4.31. The predicted octanol–water partition coefficient (Wildman–Crippen LogP) is 4.88. The van der Waals surface area contributed by atoms with Crippen LogP contribution in [0, 0.1) is 0 Å². The SMILES string of the molecule is CCCCn1cc(C2CCN(CCOc3ccccc3C(=O)OC)CC2)c2ncccc21. The predicted molar refractivity (Wildman–Crippen MR) is 126 cm³/mol. The van der Waals surface area contributed by atoms with Gasteiger partial charge in [0.15, 0.2) is 0 Å². The van der Waals surface area contributed by atoms with E-state index in [1.165, 1.54) is 36.5 Å². The van der Waals surface area contributed by atoms with Gasteiger partial charge in [0.2, 0.25) is 0 Å². The van der Waals surface area contributed by atoms with Crippen LogP contribution < -0.4 is 4.74 Å². The number of hydrogen-bond donors (Lipinski definition) is 0. The molecular weight excluding hydrogens is 402 g/mol. The first-order valence-electron chi connectivity index (χ1n) is 11.7. The average Bonchev–Trinajstić information content (AvgIpc) is 3.21. The molecule has 3 heterocycles. The molecular formula is C26H33N3O3. The Labute approximate surface area is 190 Å². The van der Waals surface area contributed by atoms with Gasteiger partial charge in [-0.05, 0) is 68.1 Å². The van der Waals surface area contributed by atoms with E-state index in [0.29, 0.717) is 23.8 Å². The second-order valence-electron chi connectivity index (χ2n) is 8.45. The Morgan fingerprint density at radius 3 is 2.72 bits per heavy atom. The highest BCUT2D eigenvalue weighted by molar-refractivity contribution is 5.92. The van der Waals surface area contributed by atoms with Crippen LogP contribution in [0.15, 0.2) is 48.8 Å². The highest BCUT2D eigenvalue weighted by Crippen LogP contribution is 2.33. The summed E-state index contributed by atoms with van der Waals surface area (Å²) in [4.78, 5) is 19.1. The number of piperidine rings is 1. The molecule has 4 rings (SSSR count). The molecule has 0 atom stereocenters. The normalized spacial score (nSPS) is 15.2. The van der Waals surface area contributed by atoms with Gasteiger partial charge in [-0.15, -0.1) is 0 Å². The summed E-state index contributed by atoms with van der Waals surface area (Å²) in [7, 11) is 1.39. The van der Waals surface area contributed by atoms with Crippen molar-refractivity contribution in [1.29, 1.82) is 0 Å². The Kier molecular flexibility index (Phi) is 7.43. The summed E-state index contributed by atoms with van der Waals surface area (Å²) >= 11 is 0. The van der Waals surface area contributed by atoms with Crippen LogP contribution in [0.4, 0.5) is 0 Å². The maximum Gasteiger partial charge on any atom is 0.341 e. The Hall–Kier alpha value is -2.86. The summed E-state index contributed by atoms with van der Waals surface area (Å²) in [6.45, 7) is 6.78. The van der Waals surface area contributed by atoms with Crippen molar-refractivity contribution < 1.29 is 14.3 Å². The van der Waals surface area contributed by atoms with Crippen molar-refractivity contribution in [2.75, 3.05) is 33.4 Å². The topological polar surface area (TPSA) is 56.6 Å². The number of rotatable bonds is 9. The molecule has 1 fully saturated rings. The van der Waals surface area contributed by atoms with E-state index in [-0.39, 0.29) is 5.97 Å². The Bertz CT molecular complexity index is 1040. The monoisotopic (exact) mass is 435 g/mol. The van der Waals surface area contributed by atoms with E-state index in [2.05, 4.69) is 28.7 Å². The number of pyridine rings is 1. The zero-order valence-corrected chi connectivity index (χ0v) is 19.1. The highest BCUT2D eigenvalue weighted by Gasteiger charge is 2.24. The second kappa shape index (κ2) is 10.6. The van der Waals surface area contributed by atoms with Crippen molar-refractivity contribution >= 4 is 17.0 Å². The first kappa shape index (κ1) is 22.3. The summed E-state index contributed by atoms with van der Waals surface area (Å²) in [6.07, 6.45) is 8.90. The average molecular weight is 436 g/mol. The van der Waals surface area contributed by atoms with E-state index >= 15 is 0 Å². The molecule has 6 nitrogen and oxygen atoms in total. The molecule has 0 unspecified atom stereocenters. The van der Waals surface area contributed by atoms with Gasteiger partial charge in [-0.1, -0.05) is 25.5 Å². The number of esters is 1. The summed E-state index contributed by atoms with van der Waals surface area (Å²) < 4.78 is 13.2. The third-order valence-electron chi connectivity index (χ3n) is 6.40. The van der Waals surface area contributed by atoms with Gasteiger partial charge in [0.1, 0.15) is 17.9 Å². The number of para-hydroxylation sites is 1. The number of aryl methyl sites for hydroxylation is 1. The van der Waals surface area contributed by atoms with Crippen molar-refractivity contribution in [2.45, 2.75) is 45.1 Å². The fourth-order valence-electron chi connectivity index (χ4n) is 4.59. The molecule has 32 heavy (non-hydrogen) atoms. The Morgan fingerprint density at radius 1 is 1.12 bits per heavy atom. The van der Waals surface area contributed by atoms with E-state index in [4.69, 9.17) is 14.5 Å². The first-order chi connectivity index (χ1) is 15.7. The molecule has 1 aliphatic rings. The quantitative estimate of drug-likeness (QED) is 0.448. The minimum Gasteiger partial charge on any atom is -0.491 e. The number of carbonyl (C=O) groups excluding carboxylic acids is 1. The fraction of sp³-hybridized carbons (Fsp3) is 0.462. The summed E-state index contributed by atoms with van der Waals surface area (Å²) in [6, 6.07) is 11.5. The zero-order chi connectivity index (χ0) is 22.3. The minimum absolute atomic E-state index is 0.367. The van der Waals surface area contributed by atoms with Gasteiger partial charge in [0.25, 0.3) is 0 Å². The lowest BCUT2D eigenvalue weighted by Gasteiger charge is -2.31. The molecule has 0 saturated carbocycles. The standard InChI is InChI=1S/C26H33N3O3/c1-3-4-14-29-19-22(25-23(29)9-7-13-27-25)20-11-15-28(16-12-20)17-18-32-24-10-6-5-8-21(24)26(30)31-2/h5-10,13,19-20H,3-4,11-12,14-18H2,1-2H3. The van der Waals surface area contributed by atoms with Crippen molar-refractivity contribution in [3.05, 3.63) is 59.9 Å². The molecule has 1 aromatic carbocycles. The van der Waals surface area contributed by atoms with Crippen molar-refractivity contribution in [3.8, 4) is 5.75 Å². The summed E-state index contributed by atoms with van der Waals surface area (Å²) in [5.74, 6) is 0.765. The molecule has 0 aliphatic carbocycles. The maximum atomic E-state index is 11.9. The number of ether oxygens (including phenoxy) is 2. The molecule has 1 saturated heterocycles. The molecule has 0 spiro atoms. The molecule has 0 amide bonds. The third kappa shape index (κ3) is 4.96. The van der Waals surface area contributed by atoms with Gasteiger partial charge >= 0.3 is 5.97 Å². The van der Waals surface area contributed by atoms with Crippen molar-refractivity contribution in [3.63, 3.8) is 0 Å². The van der Waals surface area contributed by atoms with Crippen LogP contribution >= 0.6 is 0 Å². The lowest BCUT2D eigenvalue weighted by Crippen LogP contribution is -2.36. The molecule has 0 N–H and O–H groups in total. The smallest absolute Gasteiger partial charge is 0.341 e. The van der Waals surface area contributed by atoms with E-state index < -0.39 is 0 Å². The first-order valence-corrected chi connectivity index (χ1v) is 11.7. The highest BCUT2D eigenvalue weighted by atomic mass is 16.5. The van der Waals surface area contributed by atoms with Crippen molar-refractivity contribution in [2.24, 2.45) is 0 Å². The lowest BCUT2D eigenvalue weighted by molar-refractivity contribution is 0.0595. The van der Waals surface area contributed by atoms with Gasteiger partial charge in [0.05, 0.1) is 18.1 Å². The van der Waals surface area contributed by atoms with Gasteiger partial charge in [-0.25, -0.2) is 4.79 Å². The van der Waals surface area contributed by atoms with Gasteiger partial charge in [-0.2, -0.15) is 0 Å². The minimum atomic E-state index is -0.367. The number of nitrogens with zero attached hydrogens (tertiary/aromatic N) is 3. The van der Waals surface area contributed by atoms with Crippen LogP contribution in [0.25, 0.3) is 11.0 Å². The number of carbonyl (C=O) groups is 1. The Balaban J connectivity index is 1.33. The molecule has 170 valence electrons. The van der Waals surface area contributed by atoms with E-state index in [9.17, 15) is 4.79 Å². The largest absolute Gasteiger partial charge is 0.491 e. The van der Waals surface area contributed by atoms with Crippen LogP contribution in [0.5, 0.6) is 5.75 Å². The Morgan fingerprint density at radius 2 is 1.94 bits per heavy atom. The molecule has 0 bridgehead atoms. The number of unbranched alkanes of at least 4 members (excludes halogenated alkanes) is 1. The van der Waals surface area contributed by atoms with Crippen molar-refractivity contribution in [1.82, 2.24) is 14.5 Å². The summed E-state index contributed by atoms with van der Waals surface area (Å²) in [5, 5.41) is 0. The van der Waals surface area contributed by atoms with Crippen LogP contribution in [0.2, 0.25) is 0 Å². The van der Waals surface area contributed by atoms with E-state index in [0.717, 1.165) is 39.0 Å². The zero-order valence-electron chi connectivity index (χ0n) is 19.1. The number of fused-ring (bicyclic) bond motifs is 1. The molecule has 6 heteroatoms. The molecule has 0 radical (unpaired) electrons.